The van der Waals surface area contributed by atoms with E-state index < -0.39 is 12.0 Å². The van der Waals surface area contributed by atoms with E-state index in [1.54, 1.807) is 6.92 Å². The predicted molar refractivity (Wildman–Crippen MR) is 112 cm³/mol. The van der Waals surface area contributed by atoms with E-state index in [0.29, 0.717) is 24.3 Å². The first-order chi connectivity index (χ1) is 14.3. The third kappa shape index (κ3) is 3.58. The predicted octanol–water partition coefficient (Wildman–Crippen LogP) is 1.25. The number of fused-ring (bicyclic) bond motifs is 1. The van der Waals surface area contributed by atoms with Gasteiger partial charge in [0.2, 0.25) is 0 Å². The number of aliphatic hydroxyl groups is 2. The standard InChI is InChI=1S/C22H30N2O6/c1-12-8-16(26)19-21(29)15(9-24-6-3-4-13(24)11-25)20(28)18(22(19)30-12)14-5-7-23(2)10-17(14)27/h8,13-14,17,25,27-29H,3-7,9-11H2,1-2H3/t13?,14-,17+/m0/s1. The SMILES string of the molecule is Cc1cc(=O)c2c(O)c(CN3CCCC3CO)c(O)c([C@H]3CCN(C)C[C@H]3O)c2o1. The highest BCUT2D eigenvalue weighted by Crippen LogP contribution is 2.45. The Hall–Kier alpha value is -2.13. The highest BCUT2D eigenvalue weighted by atomic mass is 16.3. The second-order valence-electron chi connectivity index (χ2n) is 8.69. The van der Waals surface area contributed by atoms with Crippen LogP contribution in [0.5, 0.6) is 11.5 Å². The van der Waals surface area contributed by atoms with Gasteiger partial charge in [0.25, 0.3) is 0 Å². The summed E-state index contributed by atoms with van der Waals surface area (Å²) in [5.74, 6) is -0.459. The van der Waals surface area contributed by atoms with Crippen LogP contribution in [0, 0.1) is 6.92 Å². The molecule has 0 saturated carbocycles. The summed E-state index contributed by atoms with van der Waals surface area (Å²) < 4.78 is 5.83. The molecule has 2 fully saturated rings. The molecule has 8 nitrogen and oxygen atoms in total. The van der Waals surface area contributed by atoms with Gasteiger partial charge in [0.1, 0.15) is 28.2 Å². The maximum atomic E-state index is 12.8. The fraction of sp³-hybridized carbons (Fsp3) is 0.591. The smallest absolute Gasteiger partial charge is 0.196 e. The van der Waals surface area contributed by atoms with Crippen LogP contribution in [-0.2, 0) is 6.54 Å². The van der Waals surface area contributed by atoms with Gasteiger partial charge in [-0.1, -0.05) is 0 Å². The lowest BCUT2D eigenvalue weighted by Crippen LogP contribution is -2.40. The number of β-amino-alcohol motifs (C(OH)–C–C–N with tert-alkyl or cyclic N) is 1. The molecule has 4 rings (SSSR count). The molecule has 0 bridgehead atoms. The molecule has 3 atom stereocenters. The molecular weight excluding hydrogens is 388 g/mol. The summed E-state index contributed by atoms with van der Waals surface area (Å²) in [4.78, 5) is 16.8. The van der Waals surface area contributed by atoms with Gasteiger partial charge in [-0.2, -0.15) is 0 Å². The molecule has 0 radical (unpaired) electrons. The number of likely N-dealkylation sites (tertiary alicyclic amines) is 2. The van der Waals surface area contributed by atoms with Crippen molar-refractivity contribution in [1.82, 2.24) is 9.80 Å². The molecular formula is C22H30N2O6. The molecule has 2 saturated heterocycles. The number of nitrogens with zero attached hydrogens (tertiary/aromatic N) is 2. The minimum absolute atomic E-state index is 0.00301. The summed E-state index contributed by atoms with van der Waals surface area (Å²) in [5, 5.41) is 42.7. The number of aryl methyl sites for hydroxylation is 1. The van der Waals surface area contributed by atoms with Crippen molar-refractivity contribution >= 4 is 11.0 Å². The molecule has 8 heteroatoms. The van der Waals surface area contributed by atoms with E-state index in [0.717, 1.165) is 25.9 Å². The van der Waals surface area contributed by atoms with E-state index in [1.165, 1.54) is 6.07 Å². The van der Waals surface area contributed by atoms with Crippen LogP contribution in [0.25, 0.3) is 11.0 Å². The van der Waals surface area contributed by atoms with E-state index in [-0.39, 0.29) is 52.7 Å². The van der Waals surface area contributed by atoms with Gasteiger partial charge in [0.05, 0.1) is 18.3 Å². The van der Waals surface area contributed by atoms with Gasteiger partial charge in [-0.05, 0) is 46.3 Å². The Kier molecular flexibility index (Phi) is 5.76. The number of piperidine rings is 1. The molecule has 1 unspecified atom stereocenters. The van der Waals surface area contributed by atoms with Gasteiger partial charge in [0, 0.05) is 36.7 Å². The molecule has 30 heavy (non-hydrogen) atoms. The maximum Gasteiger partial charge on any atom is 0.196 e. The van der Waals surface area contributed by atoms with Crippen LogP contribution in [0.4, 0.5) is 0 Å². The van der Waals surface area contributed by atoms with Gasteiger partial charge in [0.15, 0.2) is 5.43 Å². The van der Waals surface area contributed by atoms with Gasteiger partial charge in [-0.15, -0.1) is 0 Å². The summed E-state index contributed by atoms with van der Waals surface area (Å²) in [5.41, 5.74) is 0.405. The second kappa shape index (κ2) is 8.19. The first kappa shape index (κ1) is 21.1. The van der Waals surface area contributed by atoms with Crippen molar-refractivity contribution in [3.05, 3.63) is 33.2 Å². The molecule has 2 aliphatic heterocycles. The summed E-state index contributed by atoms with van der Waals surface area (Å²) in [7, 11) is 1.92. The molecule has 1 aromatic heterocycles. The Morgan fingerprint density at radius 2 is 1.97 bits per heavy atom. The molecule has 0 amide bonds. The highest BCUT2D eigenvalue weighted by molar-refractivity contribution is 5.90. The van der Waals surface area contributed by atoms with Gasteiger partial charge in [-0.3, -0.25) is 9.69 Å². The number of rotatable bonds is 4. The number of phenolic OH excluding ortho intramolecular Hbond substituents is 2. The van der Waals surface area contributed by atoms with Crippen molar-refractivity contribution in [3.63, 3.8) is 0 Å². The summed E-state index contributed by atoms with van der Waals surface area (Å²) in [6.07, 6.45) is 1.61. The third-order valence-corrected chi connectivity index (χ3v) is 6.61. The number of likely N-dealkylation sites (N-methyl/N-ethyl adjacent to an activating group) is 1. The molecule has 1 aromatic carbocycles. The topological polar surface area (TPSA) is 118 Å². The van der Waals surface area contributed by atoms with E-state index in [2.05, 4.69) is 0 Å². The highest BCUT2D eigenvalue weighted by Gasteiger charge is 2.35. The zero-order valence-corrected chi connectivity index (χ0v) is 17.5. The summed E-state index contributed by atoms with van der Waals surface area (Å²) in [6.45, 7) is 3.76. The van der Waals surface area contributed by atoms with Crippen LogP contribution in [0.1, 0.15) is 42.1 Å². The fourth-order valence-electron chi connectivity index (χ4n) is 4.99. The number of benzene rings is 1. The minimum Gasteiger partial charge on any atom is -0.507 e. The average molecular weight is 418 g/mol. The van der Waals surface area contributed by atoms with Gasteiger partial charge < -0.3 is 29.7 Å². The molecule has 0 spiro atoms. The van der Waals surface area contributed by atoms with E-state index in [4.69, 9.17) is 4.42 Å². The van der Waals surface area contributed by atoms with Crippen molar-refractivity contribution in [2.24, 2.45) is 0 Å². The molecule has 0 aliphatic carbocycles. The van der Waals surface area contributed by atoms with Crippen molar-refractivity contribution in [2.75, 3.05) is 33.3 Å². The number of hydrogen-bond donors (Lipinski definition) is 4. The van der Waals surface area contributed by atoms with Crippen LogP contribution in [0.2, 0.25) is 0 Å². The minimum atomic E-state index is -0.738. The first-order valence-electron chi connectivity index (χ1n) is 10.5. The second-order valence-corrected chi connectivity index (χ2v) is 8.69. The lowest BCUT2D eigenvalue weighted by atomic mass is 9.84. The van der Waals surface area contributed by atoms with E-state index in [9.17, 15) is 25.2 Å². The first-order valence-corrected chi connectivity index (χ1v) is 10.5. The Bertz CT molecular complexity index is 1000. The van der Waals surface area contributed by atoms with Crippen molar-refractivity contribution in [2.45, 2.75) is 50.8 Å². The van der Waals surface area contributed by atoms with Crippen LogP contribution in [0.3, 0.4) is 0 Å². The lowest BCUT2D eigenvalue weighted by Gasteiger charge is -2.35. The van der Waals surface area contributed by atoms with Crippen LogP contribution in [-0.4, -0.2) is 75.7 Å². The van der Waals surface area contributed by atoms with Crippen molar-refractivity contribution in [1.29, 1.82) is 0 Å². The number of aliphatic hydroxyl groups excluding tert-OH is 2. The third-order valence-electron chi connectivity index (χ3n) is 6.61. The Balaban J connectivity index is 1.91. The normalized spacial score (nSPS) is 25.9. The Labute approximate surface area is 175 Å². The Morgan fingerprint density at radius 1 is 1.20 bits per heavy atom. The fourth-order valence-corrected chi connectivity index (χ4v) is 4.99. The van der Waals surface area contributed by atoms with Gasteiger partial charge >= 0.3 is 0 Å². The average Bonchev–Trinajstić information content (AvgIpc) is 3.13. The van der Waals surface area contributed by atoms with Crippen LogP contribution in [0.15, 0.2) is 15.3 Å². The lowest BCUT2D eigenvalue weighted by molar-refractivity contribution is 0.0629. The quantitative estimate of drug-likeness (QED) is 0.586. The van der Waals surface area contributed by atoms with Gasteiger partial charge in [-0.25, -0.2) is 0 Å². The Morgan fingerprint density at radius 3 is 2.67 bits per heavy atom. The zero-order chi connectivity index (χ0) is 21.6. The maximum absolute atomic E-state index is 12.8. The molecule has 2 aliphatic rings. The van der Waals surface area contributed by atoms with Crippen LogP contribution < -0.4 is 5.43 Å². The van der Waals surface area contributed by atoms with Crippen molar-refractivity contribution < 1.29 is 24.8 Å². The zero-order valence-electron chi connectivity index (χ0n) is 17.5. The molecule has 2 aromatic rings. The summed E-state index contributed by atoms with van der Waals surface area (Å²) >= 11 is 0. The van der Waals surface area contributed by atoms with E-state index in [1.807, 2.05) is 16.8 Å². The summed E-state index contributed by atoms with van der Waals surface area (Å²) in [6, 6.07) is 1.27. The number of aromatic hydroxyl groups is 2. The molecule has 3 heterocycles. The van der Waals surface area contributed by atoms with Crippen LogP contribution >= 0.6 is 0 Å². The number of phenols is 2. The number of hydrogen-bond acceptors (Lipinski definition) is 8. The molecule has 164 valence electrons. The van der Waals surface area contributed by atoms with E-state index >= 15 is 0 Å². The monoisotopic (exact) mass is 418 g/mol. The largest absolute Gasteiger partial charge is 0.507 e. The molecule has 4 N–H and O–H groups in total. The van der Waals surface area contributed by atoms with Crippen molar-refractivity contribution in [3.8, 4) is 11.5 Å².